The first kappa shape index (κ1) is 5.13. The van der Waals surface area contributed by atoms with Gasteiger partial charge in [-0.25, -0.2) is 0 Å². The minimum absolute atomic E-state index is 0.736. The summed E-state index contributed by atoms with van der Waals surface area (Å²) in [6, 6.07) is 7.95. The first-order valence-electron chi connectivity index (χ1n) is 3.20. The normalized spacial score (nSPS) is 11.9. The van der Waals surface area contributed by atoms with Gasteiger partial charge in [-0.2, -0.15) is 0 Å². The van der Waals surface area contributed by atoms with Crippen LogP contribution >= 0.6 is 8.37 Å². The minimum Gasteiger partial charge on any atom is -0.279 e. The summed E-state index contributed by atoms with van der Waals surface area (Å²) in [6.07, 6.45) is 0. The van der Waals surface area contributed by atoms with E-state index in [0.29, 0.717) is 0 Å². The van der Waals surface area contributed by atoms with Crippen molar-refractivity contribution in [2.24, 2.45) is 0 Å². The van der Waals surface area contributed by atoms with E-state index in [1.54, 1.807) is 0 Å². The molecule has 0 amide bonds. The number of aryl methyl sites for hydroxylation is 1. The highest BCUT2D eigenvalue weighted by Crippen LogP contribution is 2.01. The third-order valence-corrected chi connectivity index (χ3v) is 1.94. The summed E-state index contributed by atoms with van der Waals surface area (Å²) >= 11 is 0. The van der Waals surface area contributed by atoms with E-state index >= 15 is 0 Å². The lowest BCUT2D eigenvalue weighted by molar-refractivity contribution is 1.51. The fraction of sp³-hybridized carbons (Fsp3) is 0.143. The Morgan fingerprint density at radius 2 is 2.33 bits per heavy atom. The molecule has 9 heavy (non-hydrogen) atoms. The molecule has 0 spiro atoms. The molecule has 0 aliphatic rings. The number of hydrogen-bond donors (Lipinski definition) is 1. The van der Waals surface area contributed by atoms with E-state index in [1.807, 2.05) is 31.2 Å². The Morgan fingerprint density at radius 3 is 3.00 bits per heavy atom. The summed E-state index contributed by atoms with van der Waals surface area (Å²) < 4.78 is 6.65. The fourth-order valence-electron chi connectivity index (χ4n) is 0.676. The van der Waals surface area contributed by atoms with E-state index in [0.717, 1.165) is 13.7 Å². The highest BCUT2D eigenvalue weighted by molar-refractivity contribution is 7.35. The molecule has 0 saturated heterocycles. The van der Waals surface area contributed by atoms with Gasteiger partial charge in [0.15, 0.2) is 1.41 Å². The van der Waals surface area contributed by atoms with Gasteiger partial charge >= 0.3 is 0 Å². The van der Waals surface area contributed by atoms with Crippen LogP contribution in [0.4, 0.5) is 0 Å². The van der Waals surface area contributed by atoms with Crippen LogP contribution in [0.25, 0.3) is 0 Å². The number of benzene rings is 1. The molecule has 1 rings (SSSR count). The quantitative estimate of drug-likeness (QED) is 0.574. The van der Waals surface area contributed by atoms with Crippen molar-refractivity contribution in [3.05, 3.63) is 29.8 Å². The van der Waals surface area contributed by atoms with Gasteiger partial charge in [-0.05, 0) is 18.6 Å². The molecule has 2 heteroatoms. The lowest BCUT2D eigenvalue weighted by atomic mass is 10.2. The van der Waals surface area contributed by atoms with Gasteiger partial charge in [0.05, 0.1) is 0 Å². The zero-order valence-corrected chi connectivity index (χ0v) is 6.10. The Morgan fingerprint density at radius 1 is 1.56 bits per heavy atom. The lowest BCUT2D eigenvalue weighted by Crippen LogP contribution is -1.93. The summed E-state index contributed by atoms with van der Waals surface area (Å²) in [5.41, 5.74) is 1.19. The van der Waals surface area contributed by atoms with Crippen LogP contribution < -0.4 is 5.30 Å². The first-order valence-corrected chi connectivity index (χ1v) is 3.60. The van der Waals surface area contributed by atoms with Gasteiger partial charge in [-0.1, -0.05) is 18.2 Å². The van der Waals surface area contributed by atoms with Crippen molar-refractivity contribution in [2.45, 2.75) is 6.92 Å². The molecule has 1 aromatic rings. The number of hydrogen-bond acceptors (Lipinski definition) is 1. The standard InChI is InChI=1S/C7H8NP/c1-6-4-2-3-5-7(6)9-8/h2-5,8H,1H3/i/hH. The molecule has 0 bridgehead atoms. The van der Waals surface area contributed by atoms with Crippen LogP contribution in [0.3, 0.4) is 0 Å². The Bertz CT molecular complexity index is 247. The van der Waals surface area contributed by atoms with Crippen molar-refractivity contribution < 1.29 is 1.41 Å². The number of rotatable bonds is 1. The van der Waals surface area contributed by atoms with Crippen molar-refractivity contribution in [3.63, 3.8) is 0 Å². The second kappa shape index (κ2) is 2.75. The van der Waals surface area contributed by atoms with Crippen LogP contribution in [0, 0.1) is 12.1 Å². The highest BCUT2D eigenvalue weighted by Gasteiger charge is 1.88. The molecule has 0 fully saturated rings. The Labute approximate surface area is 57.9 Å². The molecule has 46 valence electrons. The summed E-state index contributed by atoms with van der Waals surface area (Å²) in [6.45, 7) is 2.02. The Kier molecular flexibility index (Phi) is 1.57. The van der Waals surface area contributed by atoms with Crippen LogP contribution in [0.1, 0.15) is 5.56 Å². The van der Waals surface area contributed by atoms with E-state index in [1.165, 1.54) is 5.56 Å². The summed E-state index contributed by atoms with van der Waals surface area (Å²) in [5.74, 6) is 0. The average molecular weight is 137 g/mol. The average Bonchev–Trinajstić information content (AvgIpc) is 1.94. The van der Waals surface area contributed by atoms with E-state index < -0.39 is 0 Å². The van der Waals surface area contributed by atoms with Crippen LogP contribution in [0.2, 0.25) is 1.41 Å². The summed E-state index contributed by atoms with van der Waals surface area (Å²) in [5, 5.41) is 4.40. The van der Waals surface area contributed by atoms with Crippen LogP contribution in [0.15, 0.2) is 24.3 Å². The van der Waals surface area contributed by atoms with Crippen LogP contribution in [-0.2, 0) is 0 Å². The van der Waals surface area contributed by atoms with Gasteiger partial charge in [0.2, 0.25) is 0 Å². The smallest absolute Gasteiger partial charge is 0.193 e. The van der Waals surface area contributed by atoms with E-state index in [2.05, 4.69) is 5.15 Å². The zero-order chi connectivity index (χ0) is 7.40. The second-order valence-electron chi connectivity index (χ2n) is 1.89. The van der Waals surface area contributed by atoms with E-state index in [4.69, 9.17) is 1.41 Å². The summed E-state index contributed by atoms with van der Waals surface area (Å²) in [4.78, 5) is 0. The van der Waals surface area contributed by atoms with Gasteiger partial charge in [0, 0.05) is 13.7 Å². The monoisotopic (exact) mass is 137 g/mol. The second-order valence-corrected chi connectivity index (χ2v) is 2.57. The van der Waals surface area contributed by atoms with Crippen LogP contribution in [0.5, 0.6) is 0 Å². The Balaban J connectivity index is 3.03. The van der Waals surface area contributed by atoms with Crippen molar-refractivity contribution >= 4 is 13.7 Å². The van der Waals surface area contributed by atoms with Crippen molar-refractivity contribution in [2.75, 3.05) is 0 Å². The van der Waals surface area contributed by atoms with Gasteiger partial charge in [-0.3, -0.25) is 5.15 Å². The molecular formula is C7H8NP. The van der Waals surface area contributed by atoms with Gasteiger partial charge in [-0.15, -0.1) is 0 Å². The van der Waals surface area contributed by atoms with Crippen molar-refractivity contribution in [3.8, 4) is 0 Å². The largest absolute Gasteiger partial charge is 0.279 e. The Hall–Kier alpha value is -0.680. The third kappa shape index (κ3) is 1.36. The predicted molar refractivity (Wildman–Crippen MR) is 40.5 cm³/mol. The molecule has 1 N–H and O–H groups in total. The number of nitrogens with one attached hydrogen (secondary N) is 1. The maximum Gasteiger partial charge on any atom is 0.193 e. The molecule has 0 saturated carbocycles. The SMILES string of the molecule is [1H]/N=P/c1ccccc1C. The molecule has 0 aliphatic carbocycles. The maximum atomic E-state index is 6.65. The van der Waals surface area contributed by atoms with Gasteiger partial charge < -0.3 is 0 Å². The van der Waals surface area contributed by atoms with E-state index in [9.17, 15) is 0 Å². The third-order valence-electron chi connectivity index (χ3n) is 1.22. The predicted octanol–water partition coefficient (Wildman–Crippen LogP) is 2.33. The molecule has 0 radical (unpaired) electrons. The lowest BCUT2D eigenvalue weighted by Gasteiger charge is -1.93. The highest BCUT2D eigenvalue weighted by atomic mass is 31.1. The van der Waals surface area contributed by atoms with E-state index in [-0.39, 0.29) is 0 Å². The van der Waals surface area contributed by atoms with Crippen molar-refractivity contribution in [1.29, 1.82) is 5.15 Å². The molecule has 0 aliphatic heterocycles. The molecule has 1 aromatic carbocycles. The molecule has 0 unspecified atom stereocenters. The first-order chi connectivity index (χ1) is 4.84. The van der Waals surface area contributed by atoms with Gasteiger partial charge in [0.1, 0.15) is 0 Å². The molecular weight excluding hydrogens is 129 g/mol. The molecule has 1 nitrogen and oxygen atoms in total. The molecule has 0 aromatic heterocycles. The van der Waals surface area contributed by atoms with Gasteiger partial charge in [0.25, 0.3) is 0 Å². The van der Waals surface area contributed by atoms with Crippen molar-refractivity contribution in [1.82, 2.24) is 0 Å². The zero-order valence-electron chi connectivity index (χ0n) is 6.20. The summed E-state index contributed by atoms with van der Waals surface area (Å²) in [7, 11) is 0.736. The fourth-order valence-corrected chi connectivity index (χ4v) is 1.06. The molecule has 0 heterocycles. The topological polar surface area (TPSA) is 23.9 Å². The molecule has 0 atom stereocenters. The van der Waals surface area contributed by atoms with Crippen LogP contribution in [-0.4, -0.2) is 0 Å². The minimum atomic E-state index is 0.736. The maximum absolute atomic E-state index is 6.65.